The van der Waals surface area contributed by atoms with E-state index in [-0.39, 0.29) is 29.7 Å². The number of benzene rings is 2. The predicted octanol–water partition coefficient (Wildman–Crippen LogP) is 7.52. The Morgan fingerprint density at radius 3 is 2.38 bits per heavy atom. The molecule has 1 aromatic heterocycles. The molecule has 0 saturated heterocycles. The number of nitrogens with one attached hydrogen (secondary N) is 1. The average Bonchev–Trinajstić information content (AvgIpc) is 3.55. The standard InChI is InChI=1S/C30H34Cl2FN3O4/c1-38-28(17-8-4-2-5-9-17)29-35-23-15-22(33)21(32)13-24(23)36(29)27(30(37)34-18-10-6-3-7-11-18)19-12-25-26(14-20(19)31)40-16-39-25/h12-15,17-18,27-28H,2-11,16H2,1H3,(H,34,37). The minimum absolute atomic E-state index is 0.0462. The number of aromatic nitrogens is 2. The first kappa shape index (κ1) is 27.6. The van der Waals surface area contributed by atoms with Crippen LogP contribution < -0.4 is 14.8 Å². The summed E-state index contributed by atoms with van der Waals surface area (Å²) in [5, 5.41) is 3.60. The number of methoxy groups -OCH3 is 1. The molecular formula is C30H34Cl2FN3O4. The van der Waals surface area contributed by atoms with Gasteiger partial charge in [-0.1, -0.05) is 61.7 Å². The van der Waals surface area contributed by atoms with Crippen LogP contribution in [0, 0.1) is 11.7 Å². The molecule has 214 valence electrons. The zero-order valence-corrected chi connectivity index (χ0v) is 24.1. The van der Waals surface area contributed by atoms with Crippen molar-refractivity contribution in [2.45, 2.75) is 82.4 Å². The lowest BCUT2D eigenvalue weighted by atomic mass is 9.84. The molecule has 2 aliphatic carbocycles. The van der Waals surface area contributed by atoms with Gasteiger partial charge in [0.05, 0.1) is 21.1 Å². The Balaban J connectivity index is 1.55. The number of carbonyl (C=O) groups is 1. The number of hydrogen-bond donors (Lipinski definition) is 1. The molecule has 7 nitrogen and oxygen atoms in total. The molecule has 10 heteroatoms. The van der Waals surface area contributed by atoms with Gasteiger partial charge in [-0.15, -0.1) is 0 Å². The number of hydrogen-bond acceptors (Lipinski definition) is 5. The van der Waals surface area contributed by atoms with Gasteiger partial charge in [0.15, 0.2) is 11.5 Å². The average molecular weight is 591 g/mol. The van der Waals surface area contributed by atoms with Crippen LogP contribution >= 0.6 is 23.2 Å². The molecule has 6 rings (SSSR count). The van der Waals surface area contributed by atoms with Gasteiger partial charge in [-0.2, -0.15) is 0 Å². The van der Waals surface area contributed by atoms with Crippen molar-refractivity contribution < 1.29 is 23.4 Å². The summed E-state index contributed by atoms with van der Waals surface area (Å²) in [5.74, 6) is 1.03. The van der Waals surface area contributed by atoms with Crippen molar-refractivity contribution in [3.63, 3.8) is 0 Å². The van der Waals surface area contributed by atoms with Crippen LogP contribution in [-0.2, 0) is 9.53 Å². The van der Waals surface area contributed by atoms with Crippen LogP contribution in [0.3, 0.4) is 0 Å². The second-order valence-corrected chi connectivity index (χ2v) is 11.9. The van der Waals surface area contributed by atoms with E-state index in [1.807, 2.05) is 4.57 Å². The van der Waals surface area contributed by atoms with Gasteiger partial charge in [-0.25, -0.2) is 9.37 Å². The molecule has 1 amide bonds. The summed E-state index contributed by atoms with van der Waals surface area (Å²) in [7, 11) is 1.67. The maximum atomic E-state index is 14.7. The fourth-order valence-corrected chi connectivity index (χ4v) is 7.01. The van der Waals surface area contributed by atoms with Crippen molar-refractivity contribution in [3.8, 4) is 11.5 Å². The van der Waals surface area contributed by atoms with E-state index in [1.165, 1.54) is 25.0 Å². The highest BCUT2D eigenvalue weighted by molar-refractivity contribution is 6.32. The van der Waals surface area contributed by atoms with Gasteiger partial charge in [-0.3, -0.25) is 4.79 Å². The van der Waals surface area contributed by atoms with Crippen molar-refractivity contribution in [1.82, 2.24) is 14.9 Å². The highest BCUT2D eigenvalue weighted by Crippen LogP contribution is 2.44. The first-order chi connectivity index (χ1) is 19.4. The van der Waals surface area contributed by atoms with Crippen LogP contribution in [0.15, 0.2) is 24.3 Å². The Morgan fingerprint density at radius 2 is 1.68 bits per heavy atom. The number of amides is 1. The Hall–Kier alpha value is -2.55. The van der Waals surface area contributed by atoms with Gasteiger partial charge < -0.3 is 24.1 Å². The number of ether oxygens (including phenoxy) is 3. The second-order valence-electron chi connectivity index (χ2n) is 11.1. The lowest BCUT2D eigenvalue weighted by Crippen LogP contribution is -2.42. The molecular weight excluding hydrogens is 556 g/mol. The molecule has 2 unspecified atom stereocenters. The molecule has 3 aliphatic rings. The maximum absolute atomic E-state index is 14.7. The van der Waals surface area contributed by atoms with Gasteiger partial charge in [-0.05, 0) is 43.7 Å². The second kappa shape index (κ2) is 11.7. The van der Waals surface area contributed by atoms with Crippen molar-refractivity contribution in [2.75, 3.05) is 13.9 Å². The summed E-state index contributed by atoms with van der Waals surface area (Å²) in [5.41, 5.74) is 1.48. The fourth-order valence-electron chi connectivity index (χ4n) is 6.59. The maximum Gasteiger partial charge on any atom is 0.248 e. The van der Waals surface area contributed by atoms with Crippen molar-refractivity contribution in [1.29, 1.82) is 0 Å². The Labute approximate surface area is 243 Å². The zero-order valence-electron chi connectivity index (χ0n) is 22.6. The Morgan fingerprint density at radius 1 is 1.00 bits per heavy atom. The van der Waals surface area contributed by atoms with Crippen LogP contribution in [0.4, 0.5) is 4.39 Å². The summed E-state index contributed by atoms with van der Waals surface area (Å²) in [4.78, 5) is 19.3. The summed E-state index contributed by atoms with van der Waals surface area (Å²) >= 11 is 13.2. The number of nitrogens with zero attached hydrogens (tertiary/aromatic N) is 2. The molecule has 0 spiro atoms. The fraction of sp³-hybridized carbons (Fsp3) is 0.533. The Bertz CT molecular complexity index is 1400. The SMILES string of the molecule is COC(c1nc2cc(F)c(Cl)cc2n1C(C(=O)NC1CCCCC1)c1cc2c(cc1Cl)OCO2)C1CCCCC1. The van der Waals surface area contributed by atoms with E-state index in [2.05, 4.69) is 5.32 Å². The molecule has 0 radical (unpaired) electrons. The summed E-state index contributed by atoms with van der Waals surface area (Å²) in [6.45, 7) is 0.0790. The minimum Gasteiger partial charge on any atom is -0.454 e. The van der Waals surface area contributed by atoms with E-state index < -0.39 is 18.0 Å². The molecule has 40 heavy (non-hydrogen) atoms. The van der Waals surface area contributed by atoms with Crippen LogP contribution in [0.5, 0.6) is 11.5 Å². The number of rotatable bonds is 7. The molecule has 1 aliphatic heterocycles. The van der Waals surface area contributed by atoms with Gasteiger partial charge in [0.1, 0.15) is 23.8 Å². The van der Waals surface area contributed by atoms with E-state index in [1.54, 1.807) is 19.2 Å². The number of imidazole rings is 1. The van der Waals surface area contributed by atoms with Crippen molar-refractivity contribution in [3.05, 3.63) is 51.5 Å². The molecule has 0 bridgehead atoms. The zero-order chi connectivity index (χ0) is 27.8. The monoisotopic (exact) mass is 589 g/mol. The molecule has 2 saturated carbocycles. The largest absolute Gasteiger partial charge is 0.454 e. The molecule has 2 fully saturated rings. The first-order valence-electron chi connectivity index (χ1n) is 14.2. The van der Waals surface area contributed by atoms with Crippen LogP contribution in [-0.4, -0.2) is 35.4 Å². The van der Waals surface area contributed by atoms with E-state index in [4.69, 9.17) is 42.4 Å². The number of halogens is 3. The van der Waals surface area contributed by atoms with E-state index in [9.17, 15) is 9.18 Å². The van der Waals surface area contributed by atoms with Crippen molar-refractivity contribution in [2.24, 2.45) is 5.92 Å². The van der Waals surface area contributed by atoms with Crippen LogP contribution in [0.2, 0.25) is 10.0 Å². The van der Waals surface area contributed by atoms with Gasteiger partial charge in [0, 0.05) is 30.8 Å². The van der Waals surface area contributed by atoms with Gasteiger partial charge in [0.2, 0.25) is 12.7 Å². The minimum atomic E-state index is -0.924. The quantitative estimate of drug-likeness (QED) is 0.308. The molecule has 3 aromatic rings. The number of fused-ring (bicyclic) bond motifs is 2. The third kappa shape index (κ3) is 5.26. The topological polar surface area (TPSA) is 74.6 Å². The highest BCUT2D eigenvalue weighted by Gasteiger charge is 2.37. The van der Waals surface area contributed by atoms with E-state index in [0.717, 1.165) is 51.4 Å². The van der Waals surface area contributed by atoms with Crippen molar-refractivity contribution >= 4 is 40.1 Å². The smallest absolute Gasteiger partial charge is 0.248 e. The van der Waals surface area contributed by atoms with Crippen LogP contribution in [0.25, 0.3) is 11.0 Å². The van der Waals surface area contributed by atoms with Gasteiger partial charge >= 0.3 is 0 Å². The van der Waals surface area contributed by atoms with Crippen LogP contribution in [0.1, 0.15) is 87.7 Å². The summed E-state index contributed by atoms with van der Waals surface area (Å²) in [6, 6.07) is 5.44. The normalized spacial score (nSPS) is 19.6. The third-order valence-corrected chi connectivity index (χ3v) is 9.21. The predicted molar refractivity (Wildman–Crippen MR) is 152 cm³/mol. The molecule has 2 heterocycles. The summed E-state index contributed by atoms with van der Waals surface area (Å²) < 4.78 is 33.9. The molecule has 1 N–H and O–H groups in total. The lowest BCUT2D eigenvalue weighted by Gasteiger charge is -2.32. The number of carbonyl (C=O) groups excluding carboxylic acids is 1. The first-order valence-corrected chi connectivity index (χ1v) is 15.0. The van der Waals surface area contributed by atoms with E-state index >= 15 is 0 Å². The van der Waals surface area contributed by atoms with Gasteiger partial charge in [0.25, 0.3) is 0 Å². The third-order valence-electron chi connectivity index (χ3n) is 8.59. The summed E-state index contributed by atoms with van der Waals surface area (Å²) in [6.07, 6.45) is 10.1. The molecule has 2 atom stereocenters. The Kier molecular flexibility index (Phi) is 8.11. The highest BCUT2D eigenvalue weighted by atomic mass is 35.5. The molecule has 2 aromatic carbocycles. The van der Waals surface area contributed by atoms with E-state index in [0.29, 0.717) is 38.9 Å². The lowest BCUT2D eigenvalue weighted by molar-refractivity contribution is -0.124.